The van der Waals surface area contributed by atoms with Gasteiger partial charge in [0.05, 0.1) is 17.9 Å². The molecule has 2 saturated heterocycles. The van der Waals surface area contributed by atoms with Gasteiger partial charge in [0.2, 0.25) is 0 Å². The fourth-order valence-electron chi connectivity index (χ4n) is 9.27. The number of hydrogen-bond acceptors (Lipinski definition) is 5. The average Bonchev–Trinajstić information content (AvgIpc) is 3.92. The van der Waals surface area contributed by atoms with Crippen LogP contribution in [0, 0.1) is 0 Å². The number of nitrogens with zero attached hydrogens (tertiary/aromatic N) is 4. The Balaban J connectivity index is 1.05. The van der Waals surface area contributed by atoms with Gasteiger partial charge >= 0.3 is 6.09 Å². The number of piperidine rings is 1. The first kappa shape index (κ1) is 31.6. The Labute approximate surface area is 285 Å². The van der Waals surface area contributed by atoms with Gasteiger partial charge in [-0.1, -0.05) is 49.2 Å². The van der Waals surface area contributed by atoms with Crippen molar-refractivity contribution in [3.05, 3.63) is 71.3 Å². The van der Waals surface area contributed by atoms with E-state index in [4.69, 9.17) is 14.7 Å². The molecule has 2 aliphatic carbocycles. The zero-order valence-corrected chi connectivity index (χ0v) is 29.3. The van der Waals surface area contributed by atoms with Crippen LogP contribution in [0.2, 0.25) is 0 Å². The third-order valence-electron chi connectivity index (χ3n) is 11.9. The molecule has 7 heteroatoms. The third-order valence-corrected chi connectivity index (χ3v) is 11.9. The number of aromatic amines is 1. The summed E-state index contributed by atoms with van der Waals surface area (Å²) in [7, 11) is 2.27. The Morgan fingerprint density at radius 1 is 0.917 bits per heavy atom. The van der Waals surface area contributed by atoms with Crippen molar-refractivity contribution in [2.75, 3.05) is 26.7 Å². The molecule has 1 atom stereocenters. The summed E-state index contributed by atoms with van der Waals surface area (Å²) in [6.07, 6.45) is 16.5. The van der Waals surface area contributed by atoms with Crippen molar-refractivity contribution in [2.45, 2.75) is 114 Å². The number of H-pyrrole nitrogens is 1. The number of likely N-dealkylation sites (tertiary alicyclic amines) is 2. The maximum Gasteiger partial charge on any atom is 0.410 e. The summed E-state index contributed by atoms with van der Waals surface area (Å²) >= 11 is 0. The number of carbonyl (C=O) groups is 1. The van der Waals surface area contributed by atoms with Crippen LogP contribution in [0.1, 0.15) is 113 Å². The summed E-state index contributed by atoms with van der Waals surface area (Å²) in [5, 5.41) is 0. The molecule has 1 amide bonds. The van der Waals surface area contributed by atoms with Crippen molar-refractivity contribution in [2.24, 2.45) is 4.99 Å². The largest absolute Gasteiger partial charge is 0.444 e. The van der Waals surface area contributed by atoms with E-state index in [1.54, 1.807) is 5.56 Å². The van der Waals surface area contributed by atoms with Gasteiger partial charge in [0.25, 0.3) is 0 Å². The predicted molar refractivity (Wildman–Crippen MR) is 193 cm³/mol. The maximum absolute atomic E-state index is 12.9. The van der Waals surface area contributed by atoms with Crippen molar-refractivity contribution in [3.8, 4) is 22.4 Å². The highest BCUT2D eigenvalue weighted by Gasteiger charge is 2.43. The van der Waals surface area contributed by atoms with Crippen LogP contribution in [0.5, 0.6) is 0 Å². The molecule has 4 heterocycles. The lowest BCUT2D eigenvalue weighted by molar-refractivity contribution is 0.0265. The van der Waals surface area contributed by atoms with E-state index in [-0.39, 0.29) is 17.6 Å². The summed E-state index contributed by atoms with van der Waals surface area (Å²) in [5.41, 5.74) is 11.6. The number of rotatable bonds is 5. The molecule has 3 fully saturated rings. The number of allylic oxidation sites excluding steroid dienone is 1. The second kappa shape index (κ2) is 12.3. The van der Waals surface area contributed by atoms with Crippen LogP contribution in [-0.4, -0.2) is 69.9 Å². The van der Waals surface area contributed by atoms with Crippen molar-refractivity contribution in [3.63, 3.8) is 0 Å². The fraction of sp³-hybridized carbons (Fsp3) is 0.537. The van der Waals surface area contributed by atoms with Crippen molar-refractivity contribution >= 4 is 17.4 Å². The van der Waals surface area contributed by atoms with Crippen LogP contribution >= 0.6 is 0 Å². The van der Waals surface area contributed by atoms with Gasteiger partial charge in [0.1, 0.15) is 11.4 Å². The lowest BCUT2D eigenvalue weighted by Crippen LogP contribution is -2.43. The number of aliphatic imine (C=N–C) groups is 1. The number of carbonyl (C=O) groups excluding carboxylic acids is 1. The highest BCUT2D eigenvalue weighted by Crippen LogP contribution is 2.52. The topological polar surface area (TPSA) is 73.8 Å². The molecule has 1 N–H and O–H groups in total. The Morgan fingerprint density at radius 3 is 2.40 bits per heavy atom. The number of nitrogens with one attached hydrogen (secondary N) is 1. The van der Waals surface area contributed by atoms with Crippen LogP contribution in [0.4, 0.5) is 4.79 Å². The lowest BCUT2D eigenvalue weighted by Gasteiger charge is -2.40. The quantitative estimate of drug-likeness (QED) is 0.301. The van der Waals surface area contributed by atoms with Crippen LogP contribution in [0.3, 0.4) is 0 Å². The van der Waals surface area contributed by atoms with Gasteiger partial charge in [-0.2, -0.15) is 0 Å². The minimum atomic E-state index is -0.502. The van der Waals surface area contributed by atoms with E-state index in [0.717, 1.165) is 51.0 Å². The third kappa shape index (κ3) is 5.82. The second-order valence-corrected chi connectivity index (χ2v) is 16.1. The van der Waals surface area contributed by atoms with Crippen molar-refractivity contribution in [1.29, 1.82) is 0 Å². The number of ether oxygens (including phenoxy) is 1. The number of benzene rings is 2. The first-order valence-electron chi connectivity index (χ1n) is 18.4. The molecule has 48 heavy (non-hydrogen) atoms. The zero-order valence-electron chi connectivity index (χ0n) is 29.3. The Kier molecular flexibility index (Phi) is 8.09. The summed E-state index contributed by atoms with van der Waals surface area (Å²) in [6.45, 7) is 8.81. The predicted octanol–water partition coefficient (Wildman–Crippen LogP) is 8.90. The highest BCUT2D eigenvalue weighted by molar-refractivity contribution is 6.03. The minimum absolute atomic E-state index is 0.0174. The summed E-state index contributed by atoms with van der Waals surface area (Å²) in [5.74, 6) is 1.77. The molecule has 0 unspecified atom stereocenters. The highest BCUT2D eigenvalue weighted by atomic mass is 16.6. The van der Waals surface area contributed by atoms with Crippen LogP contribution in [0.25, 0.3) is 28.0 Å². The molecule has 5 aliphatic rings. The van der Waals surface area contributed by atoms with E-state index >= 15 is 0 Å². The summed E-state index contributed by atoms with van der Waals surface area (Å²) in [6, 6.07) is 14.0. The molecule has 1 saturated carbocycles. The number of amides is 1. The normalized spacial score (nSPS) is 22.8. The number of fused-ring (bicyclic) bond motifs is 2. The number of imidazole rings is 1. The van der Waals surface area contributed by atoms with Gasteiger partial charge in [0, 0.05) is 36.4 Å². The molecule has 3 aliphatic heterocycles. The van der Waals surface area contributed by atoms with Gasteiger partial charge in [-0.05, 0) is 131 Å². The van der Waals surface area contributed by atoms with Gasteiger partial charge < -0.3 is 14.6 Å². The molecule has 7 nitrogen and oxygen atoms in total. The SMILES string of the molecule is CN1CCC2(CCc3c(-c4cnc(C5CCCC5)[nH]4)ccc(-c4ccc(C5=CN=C([C@@H]6CCCN6C(=O)OC(C)(C)C)C5)cc4)c32)CC1. The van der Waals surface area contributed by atoms with Gasteiger partial charge in [-0.25, -0.2) is 9.78 Å². The monoisotopic (exact) mass is 645 g/mol. The minimum Gasteiger partial charge on any atom is -0.444 e. The molecule has 0 bridgehead atoms. The molecule has 1 spiro atoms. The van der Waals surface area contributed by atoms with Crippen LogP contribution in [0.15, 0.2) is 53.8 Å². The van der Waals surface area contributed by atoms with E-state index in [1.807, 2.05) is 31.9 Å². The smallest absolute Gasteiger partial charge is 0.410 e. The molecule has 8 rings (SSSR count). The Bertz CT molecular complexity index is 1750. The van der Waals surface area contributed by atoms with Crippen molar-refractivity contribution in [1.82, 2.24) is 19.8 Å². The molecular weight excluding hydrogens is 594 g/mol. The van der Waals surface area contributed by atoms with Crippen LogP contribution < -0.4 is 0 Å². The molecule has 2 aromatic carbocycles. The van der Waals surface area contributed by atoms with Gasteiger partial charge in [-0.15, -0.1) is 0 Å². The number of hydrogen-bond donors (Lipinski definition) is 1. The Morgan fingerprint density at radius 2 is 1.65 bits per heavy atom. The molecule has 0 radical (unpaired) electrons. The van der Waals surface area contributed by atoms with E-state index in [9.17, 15) is 4.79 Å². The fourth-order valence-corrected chi connectivity index (χ4v) is 9.27. The summed E-state index contributed by atoms with van der Waals surface area (Å²) in [4.78, 5) is 30.8. The Hall–Kier alpha value is -3.71. The summed E-state index contributed by atoms with van der Waals surface area (Å²) < 4.78 is 5.72. The zero-order chi connectivity index (χ0) is 33.0. The first-order chi connectivity index (χ1) is 23.2. The molecule has 1 aromatic heterocycles. The average molecular weight is 646 g/mol. The van der Waals surface area contributed by atoms with Gasteiger partial charge in [-0.3, -0.25) is 9.89 Å². The standard InChI is InChI=1S/C41H51N5O2/c1-40(2,3)48-39(47)46-21-7-10-36(46)34-24-30(25-42-34)27-11-13-28(14-12-27)31-15-16-32(35-26-43-38(44-35)29-8-5-6-9-29)33-17-18-41(37(31)33)19-22-45(4)23-20-41/h11-16,25-26,29,36H,5-10,17-24H2,1-4H3,(H,43,44)/t36-/m0/s1. The first-order valence-corrected chi connectivity index (χ1v) is 18.4. The molecule has 3 aromatic rings. The number of aromatic nitrogens is 2. The van der Waals surface area contributed by atoms with E-state index in [2.05, 4.69) is 59.5 Å². The second-order valence-electron chi connectivity index (χ2n) is 16.1. The van der Waals surface area contributed by atoms with E-state index in [0.29, 0.717) is 5.92 Å². The maximum atomic E-state index is 12.9. The van der Waals surface area contributed by atoms with E-state index in [1.165, 1.54) is 89.9 Å². The van der Waals surface area contributed by atoms with Crippen LogP contribution in [-0.2, 0) is 16.6 Å². The van der Waals surface area contributed by atoms with Gasteiger partial charge in [0.15, 0.2) is 0 Å². The molecule has 252 valence electrons. The van der Waals surface area contributed by atoms with E-state index < -0.39 is 5.60 Å². The lowest BCUT2D eigenvalue weighted by atomic mass is 9.71. The van der Waals surface area contributed by atoms with Crippen molar-refractivity contribution < 1.29 is 9.53 Å². The molecular formula is C41H51N5O2.